The Kier molecular flexibility index (Phi) is 5.65. The van der Waals surface area contributed by atoms with E-state index in [1.54, 1.807) is 0 Å². The summed E-state index contributed by atoms with van der Waals surface area (Å²) < 4.78 is 15.8. The summed E-state index contributed by atoms with van der Waals surface area (Å²) in [5, 5.41) is 2.73. The van der Waals surface area contributed by atoms with Crippen LogP contribution >= 0.6 is 0 Å². The van der Waals surface area contributed by atoms with Crippen molar-refractivity contribution in [3.05, 3.63) is 35.9 Å². The highest BCUT2D eigenvalue weighted by molar-refractivity contribution is 5.67. The molecule has 0 atom stereocenters. The summed E-state index contributed by atoms with van der Waals surface area (Å²) in [5.74, 6) is 0.187. The lowest BCUT2D eigenvalue weighted by Crippen LogP contribution is -2.33. The van der Waals surface area contributed by atoms with Gasteiger partial charge in [0.25, 0.3) is 0 Å². The SMILES string of the molecule is O=C(NCC1COCCOC1)OCc1ccccc1. The number of hydrogen-bond acceptors (Lipinski definition) is 4. The van der Waals surface area contributed by atoms with Gasteiger partial charge in [0.15, 0.2) is 0 Å². The molecular weight excluding hydrogens is 246 g/mol. The molecule has 1 saturated heterocycles. The summed E-state index contributed by atoms with van der Waals surface area (Å²) in [6.07, 6.45) is -0.409. The summed E-state index contributed by atoms with van der Waals surface area (Å²) in [5.41, 5.74) is 0.971. The lowest BCUT2D eigenvalue weighted by molar-refractivity contribution is 0.103. The zero-order valence-corrected chi connectivity index (χ0v) is 10.8. The summed E-state index contributed by atoms with van der Waals surface area (Å²) in [6.45, 7) is 3.25. The number of carbonyl (C=O) groups is 1. The molecule has 1 fully saturated rings. The van der Waals surface area contributed by atoms with Crippen LogP contribution < -0.4 is 5.32 Å². The third-order valence-corrected chi connectivity index (χ3v) is 2.83. The minimum absolute atomic E-state index is 0.187. The van der Waals surface area contributed by atoms with Crippen molar-refractivity contribution < 1.29 is 19.0 Å². The highest BCUT2D eigenvalue weighted by atomic mass is 16.5. The van der Waals surface area contributed by atoms with Crippen molar-refractivity contribution in [3.63, 3.8) is 0 Å². The molecule has 0 bridgehead atoms. The molecule has 0 saturated carbocycles. The molecule has 19 heavy (non-hydrogen) atoms. The van der Waals surface area contributed by atoms with E-state index in [1.807, 2.05) is 30.3 Å². The molecule has 1 aromatic carbocycles. The molecule has 1 amide bonds. The predicted octanol–water partition coefficient (Wildman–Crippen LogP) is 1.58. The molecule has 1 N–H and O–H groups in total. The molecule has 2 rings (SSSR count). The normalized spacial score (nSPS) is 16.6. The van der Waals surface area contributed by atoms with E-state index >= 15 is 0 Å². The van der Waals surface area contributed by atoms with Crippen LogP contribution in [0.15, 0.2) is 30.3 Å². The van der Waals surface area contributed by atoms with E-state index in [-0.39, 0.29) is 12.5 Å². The van der Waals surface area contributed by atoms with E-state index in [2.05, 4.69) is 5.32 Å². The maximum atomic E-state index is 11.5. The van der Waals surface area contributed by atoms with E-state index in [1.165, 1.54) is 0 Å². The van der Waals surface area contributed by atoms with Crippen molar-refractivity contribution >= 4 is 6.09 Å². The number of alkyl carbamates (subject to hydrolysis) is 1. The zero-order chi connectivity index (χ0) is 13.3. The first-order valence-corrected chi connectivity index (χ1v) is 6.44. The van der Waals surface area contributed by atoms with Gasteiger partial charge in [-0.15, -0.1) is 0 Å². The van der Waals surface area contributed by atoms with Gasteiger partial charge < -0.3 is 19.5 Å². The second-order valence-corrected chi connectivity index (χ2v) is 4.46. The van der Waals surface area contributed by atoms with Gasteiger partial charge in [-0.2, -0.15) is 0 Å². The molecule has 0 aliphatic carbocycles. The van der Waals surface area contributed by atoms with Crippen molar-refractivity contribution in [2.24, 2.45) is 5.92 Å². The average molecular weight is 265 g/mol. The van der Waals surface area contributed by atoms with E-state index < -0.39 is 6.09 Å². The van der Waals surface area contributed by atoms with Gasteiger partial charge in [-0.25, -0.2) is 4.79 Å². The number of rotatable bonds is 4. The lowest BCUT2D eigenvalue weighted by atomic mass is 10.2. The number of carbonyl (C=O) groups excluding carboxylic acids is 1. The Morgan fingerprint density at radius 1 is 1.21 bits per heavy atom. The molecule has 0 unspecified atom stereocenters. The van der Waals surface area contributed by atoms with Crippen molar-refractivity contribution in [2.75, 3.05) is 33.0 Å². The Bertz CT molecular complexity index is 374. The fraction of sp³-hybridized carbons (Fsp3) is 0.500. The quantitative estimate of drug-likeness (QED) is 0.898. The minimum atomic E-state index is -0.409. The van der Waals surface area contributed by atoms with Gasteiger partial charge in [-0.1, -0.05) is 30.3 Å². The van der Waals surface area contributed by atoms with Crippen LogP contribution in [0.3, 0.4) is 0 Å². The lowest BCUT2D eigenvalue weighted by Gasteiger charge is -2.14. The van der Waals surface area contributed by atoms with Crippen LogP contribution in [0.25, 0.3) is 0 Å². The Balaban J connectivity index is 1.64. The average Bonchev–Trinajstić information content (AvgIpc) is 2.73. The Labute approximate surface area is 112 Å². The zero-order valence-electron chi connectivity index (χ0n) is 10.8. The predicted molar refractivity (Wildman–Crippen MR) is 69.8 cm³/mol. The van der Waals surface area contributed by atoms with E-state index in [4.69, 9.17) is 14.2 Å². The van der Waals surface area contributed by atoms with Crippen LogP contribution in [0.5, 0.6) is 0 Å². The smallest absolute Gasteiger partial charge is 0.407 e. The molecular formula is C14H19NO4. The van der Waals surface area contributed by atoms with Crippen LogP contribution in [-0.2, 0) is 20.8 Å². The third-order valence-electron chi connectivity index (χ3n) is 2.83. The van der Waals surface area contributed by atoms with Crippen LogP contribution in [0.4, 0.5) is 4.79 Å². The number of amides is 1. The van der Waals surface area contributed by atoms with Crippen molar-refractivity contribution in [2.45, 2.75) is 6.61 Å². The molecule has 0 spiro atoms. The Morgan fingerprint density at radius 2 is 1.89 bits per heavy atom. The third kappa shape index (κ3) is 5.28. The monoisotopic (exact) mass is 265 g/mol. The van der Waals surface area contributed by atoms with Gasteiger partial charge in [0.2, 0.25) is 0 Å². The van der Waals surface area contributed by atoms with Gasteiger partial charge in [0, 0.05) is 12.5 Å². The fourth-order valence-electron chi connectivity index (χ4n) is 1.79. The summed E-state index contributed by atoms with van der Waals surface area (Å²) in [4.78, 5) is 11.5. The summed E-state index contributed by atoms with van der Waals surface area (Å²) >= 11 is 0. The van der Waals surface area contributed by atoms with Crippen LogP contribution in [0.1, 0.15) is 5.56 Å². The van der Waals surface area contributed by atoms with Crippen molar-refractivity contribution in [1.82, 2.24) is 5.32 Å². The summed E-state index contributed by atoms with van der Waals surface area (Å²) in [6, 6.07) is 9.59. The molecule has 1 heterocycles. The first-order chi connectivity index (χ1) is 9.34. The first kappa shape index (κ1) is 13.8. The van der Waals surface area contributed by atoms with E-state index in [0.717, 1.165) is 5.56 Å². The molecule has 0 radical (unpaired) electrons. The Morgan fingerprint density at radius 3 is 2.58 bits per heavy atom. The van der Waals surface area contributed by atoms with Crippen LogP contribution in [-0.4, -0.2) is 39.1 Å². The molecule has 1 aromatic rings. The van der Waals surface area contributed by atoms with E-state index in [0.29, 0.717) is 33.0 Å². The highest BCUT2D eigenvalue weighted by Gasteiger charge is 2.14. The molecule has 5 nitrogen and oxygen atoms in total. The highest BCUT2D eigenvalue weighted by Crippen LogP contribution is 2.03. The topological polar surface area (TPSA) is 56.8 Å². The maximum absolute atomic E-state index is 11.5. The minimum Gasteiger partial charge on any atom is -0.445 e. The number of benzene rings is 1. The second-order valence-electron chi connectivity index (χ2n) is 4.46. The van der Waals surface area contributed by atoms with Gasteiger partial charge in [-0.05, 0) is 5.56 Å². The number of hydrogen-bond donors (Lipinski definition) is 1. The fourth-order valence-corrected chi connectivity index (χ4v) is 1.79. The van der Waals surface area contributed by atoms with Crippen LogP contribution in [0.2, 0.25) is 0 Å². The van der Waals surface area contributed by atoms with Crippen molar-refractivity contribution in [1.29, 1.82) is 0 Å². The van der Waals surface area contributed by atoms with Gasteiger partial charge in [0.1, 0.15) is 6.61 Å². The number of nitrogens with one attached hydrogen (secondary N) is 1. The molecule has 5 heteroatoms. The van der Waals surface area contributed by atoms with E-state index in [9.17, 15) is 4.79 Å². The maximum Gasteiger partial charge on any atom is 0.407 e. The van der Waals surface area contributed by atoms with Crippen molar-refractivity contribution in [3.8, 4) is 0 Å². The number of ether oxygens (including phenoxy) is 3. The standard InChI is InChI=1S/C14H19NO4/c16-14(19-11-12-4-2-1-3-5-12)15-8-13-9-17-6-7-18-10-13/h1-5,13H,6-11H2,(H,15,16). The Hall–Kier alpha value is -1.59. The first-order valence-electron chi connectivity index (χ1n) is 6.44. The molecule has 1 aliphatic heterocycles. The van der Waals surface area contributed by atoms with Gasteiger partial charge in [0.05, 0.1) is 26.4 Å². The van der Waals surface area contributed by atoms with Gasteiger partial charge in [-0.3, -0.25) is 0 Å². The molecule has 0 aromatic heterocycles. The largest absolute Gasteiger partial charge is 0.445 e. The second kappa shape index (κ2) is 7.76. The van der Waals surface area contributed by atoms with Gasteiger partial charge >= 0.3 is 6.09 Å². The van der Waals surface area contributed by atoms with Crippen LogP contribution in [0, 0.1) is 5.92 Å². The summed E-state index contributed by atoms with van der Waals surface area (Å²) in [7, 11) is 0. The molecule has 1 aliphatic rings. The molecule has 104 valence electrons.